The minimum absolute atomic E-state index is 0.0358. The Morgan fingerprint density at radius 1 is 1.73 bits per heavy atom. The zero-order valence-electron chi connectivity index (χ0n) is 7.33. The van der Waals surface area contributed by atoms with Gasteiger partial charge in [0.2, 0.25) is 0 Å². The zero-order chi connectivity index (χ0) is 8.69. The van der Waals surface area contributed by atoms with Crippen LogP contribution in [0.25, 0.3) is 0 Å². The van der Waals surface area contributed by atoms with E-state index >= 15 is 0 Å². The molecular formula is C8H15NO2. The number of Topliss-reactive ketones (excluding diaryl/α,β-unsaturated/α-hetero) is 1. The topological polar surface area (TPSA) is 38.7 Å². The molecule has 0 aromatic heterocycles. The Balaban J connectivity index is 3.72. The molecule has 3 nitrogen and oxygen atoms in total. The molecule has 11 heavy (non-hydrogen) atoms. The Morgan fingerprint density at radius 2 is 2.36 bits per heavy atom. The number of carbonyl (C=O) groups excluding carboxylic acids is 1. The van der Waals surface area contributed by atoms with Gasteiger partial charge in [-0.25, -0.2) is 0 Å². The average molecular weight is 157 g/mol. The van der Waals surface area contributed by atoms with Crippen molar-refractivity contribution in [3.05, 3.63) is 0 Å². The van der Waals surface area contributed by atoms with Crippen LogP contribution in [-0.2, 0) is 9.63 Å². The van der Waals surface area contributed by atoms with Gasteiger partial charge in [0.1, 0.15) is 13.3 Å². The molecule has 0 saturated heterocycles. The summed E-state index contributed by atoms with van der Waals surface area (Å²) in [6.07, 6.45) is 3.17. The van der Waals surface area contributed by atoms with Crippen molar-refractivity contribution < 1.29 is 9.63 Å². The summed E-state index contributed by atoms with van der Waals surface area (Å²) in [6, 6.07) is 0. The first-order valence-electron chi connectivity index (χ1n) is 3.82. The first-order chi connectivity index (χ1) is 5.22. The molecule has 0 fully saturated rings. The minimum Gasteiger partial charge on any atom is -0.399 e. The largest absolute Gasteiger partial charge is 0.399 e. The second-order valence-corrected chi connectivity index (χ2v) is 2.51. The zero-order valence-corrected chi connectivity index (χ0v) is 7.33. The molecule has 0 aliphatic rings. The molecule has 0 heterocycles. The number of carbonyl (C=O) groups is 1. The molecule has 1 atom stereocenters. The third-order valence-corrected chi connectivity index (χ3v) is 1.49. The highest BCUT2D eigenvalue weighted by Crippen LogP contribution is 2.04. The van der Waals surface area contributed by atoms with Gasteiger partial charge >= 0.3 is 0 Å². The first kappa shape index (κ1) is 10.1. The summed E-state index contributed by atoms with van der Waals surface area (Å²) in [5.74, 6) is 0.104. The van der Waals surface area contributed by atoms with Crippen LogP contribution in [0.15, 0.2) is 5.16 Å². The van der Waals surface area contributed by atoms with Gasteiger partial charge in [0.25, 0.3) is 0 Å². The summed E-state index contributed by atoms with van der Waals surface area (Å²) in [4.78, 5) is 15.5. The van der Waals surface area contributed by atoms with Gasteiger partial charge in [-0.3, -0.25) is 4.79 Å². The van der Waals surface area contributed by atoms with E-state index < -0.39 is 0 Å². The number of nitrogens with zero attached hydrogens (tertiary/aromatic N) is 1. The smallest absolute Gasteiger partial charge is 0.179 e. The summed E-state index contributed by atoms with van der Waals surface area (Å²) < 4.78 is 0. The van der Waals surface area contributed by atoms with Gasteiger partial charge in [-0.2, -0.15) is 0 Å². The first-order valence-corrected chi connectivity index (χ1v) is 3.82. The van der Waals surface area contributed by atoms with Crippen LogP contribution < -0.4 is 0 Å². The average Bonchev–Trinajstić information content (AvgIpc) is 2.00. The third kappa shape index (κ3) is 4.53. The van der Waals surface area contributed by atoms with E-state index in [0.29, 0.717) is 0 Å². The number of hydrogen-bond donors (Lipinski definition) is 0. The van der Waals surface area contributed by atoms with Crippen molar-refractivity contribution in [3.63, 3.8) is 0 Å². The Morgan fingerprint density at radius 3 is 2.82 bits per heavy atom. The Labute approximate surface area is 67.4 Å². The molecular weight excluding hydrogens is 142 g/mol. The summed E-state index contributed by atoms with van der Waals surface area (Å²) in [5.41, 5.74) is 0. The molecule has 0 aliphatic carbocycles. The Bertz CT molecular complexity index is 143. The van der Waals surface area contributed by atoms with Crippen LogP contribution in [0.3, 0.4) is 0 Å². The van der Waals surface area contributed by atoms with Crippen molar-refractivity contribution in [3.8, 4) is 0 Å². The quantitative estimate of drug-likeness (QED) is 0.449. The fraction of sp³-hybridized carbons (Fsp3) is 0.750. The summed E-state index contributed by atoms with van der Waals surface area (Å²) >= 11 is 0. The van der Waals surface area contributed by atoms with Crippen molar-refractivity contribution in [1.29, 1.82) is 0 Å². The molecule has 3 heteroatoms. The lowest BCUT2D eigenvalue weighted by Gasteiger charge is -2.02. The second kappa shape index (κ2) is 5.89. The normalized spacial score (nSPS) is 13.4. The number of rotatable bonds is 5. The number of oxime groups is 1. The maximum Gasteiger partial charge on any atom is 0.179 e. The van der Waals surface area contributed by atoms with E-state index in [2.05, 4.69) is 16.9 Å². The van der Waals surface area contributed by atoms with Crippen molar-refractivity contribution in [1.82, 2.24) is 0 Å². The van der Waals surface area contributed by atoms with Gasteiger partial charge in [-0.1, -0.05) is 25.4 Å². The molecule has 0 aromatic rings. The van der Waals surface area contributed by atoms with Crippen LogP contribution in [0.1, 0.15) is 26.7 Å². The van der Waals surface area contributed by atoms with Crippen molar-refractivity contribution in [2.45, 2.75) is 26.7 Å². The lowest BCUT2D eigenvalue weighted by Crippen LogP contribution is -2.11. The molecule has 0 amide bonds. The maximum absolute atomic E-state index is 11.1. The Hall–Kier alpha value is -0.860. The molecule has 0 bridgehead atoms. The van der Waals surface area contributed by atoms with Crippen LogP contribution in [0.4, 0.5) is 0 Å². The van der Waals surface area contributed by atoms with Gasteiger partial charge in [-0.05, 0) is 6.42 Å². The van der Waals surface area contributed by atoms with E-state index in [1.807, 2.05) is 6.92 Å². The fourth-order valence-electron chi connectivity index (χ4n) is 0.807. The van der Waals surface area contributed by atoms with E-state index in [0.717, 1.165) is 12.8 Å². The van der Waals surface area contributed by atoms with Crippen LogP contribution >= 0.6 is 0 Å². The van der Waals surface area contributed by atoms with E-state index in [-0.39, 0.29) is 11.7 Å². The molecule has 0 rings (SSSR count). The minimum atomic E-state index is 0.0358. The highest BCUT2D eigenvalue weighted by atomic mass is 16.6. The summed E-state index contributed by atoms with van der Waals surface area (Å²) in [7, 11) is 1.42. The monoisotopic (exact) mass is 157 g/mol. The molecule has 0 radical (unpaired) electrons. The van der Waals surface area contributed by atoms with Gasteiger partial charge in [0, 0.05) is 5.92 Å². The van der Waals surface area contributed by atoms with E-state index in [1.165, 1.54) is 13.3 Å². The standard InChI is InChI=1S/C8H15NO2/c1-4-5-7(2)8(10)6-9-11-3/h6-7H,4-5H2,1-3H3. The predicted molar refractivity (Wildman–Crippen MR) is 44.6 cm³/mol. The molecule has 0 N–H and O–H groups in total. The molecule has 64 valence electrons. The molecule has 0 saturated carbocycles. The molecule has 0 aliphatic heterocycles. The SMILES string of the molecule is CCCC(C)C(=O)C=NOC. The molecule has 0 spiro atoms. The van der Waals surface area contributed by atoms with Crippen LogP contribution in [0, 0.1) is 5.92 Å². The maximum atomic E-state index is 11.1. The highest BCUT2D eigenvalue weighted by Gasteiger charge is 2.08. The molecule has 1 unspecified atom stereocenters. The fourth-order valence-corrected chi connectivity index (χ4v) is 0.807. The lowest BCUT2D eigenvalue weighted by molar-refractivity contribution is -0.115. The van der Waals surface area contributed by atoms with Crippen molar-refractivity contribution >= 4 is 12.0 Å². The van der Waals surface area contributed by atoms with Crippen molar-refractivity contribution in [2.75, 3.05) is 7.11 Å². The van der Waals surface area contributed by atoms with Gasteiger partial charge in [0.05, 0.1) is 0 Å². The second-order valence-electron chi connectivity index (χ2n) is 2.51. The van der Waals surface area contributed by atoms with Gasteiger partial charge < -0.3 is 4.84 Å². The Kier molecular flexibility index (Phi) is 5.43. The van der Waals surface area contributed by atoms with Crippen LogP contribution in [0.5, 0.6) is 0 Å². The highest BCUT2D eigenvalue weighted by molar-refractivity contribution is 6.28. The van der Waals surface area contributed by atoms with E-state index in [1.54, 1.807) is 0 Å². The lowest BCUT2D eigenvalue weighted by atomic mass is 10.0. The van der Waals surface area contributed by atoms with E-state index in [9.17, 15) is 4.79 Å². The van der Waals surface area contributed by atoms with Crippen LogP contribution in [0.2, 0.25) is 0 Å². The van der Waals surface area contributed by atoms with Crippen molar-refractivity contribution in [2.24, 2.45) is 11.1 Å². The summed E-state index contributed by atoms with van der Waals surface area (Å²) in [5, 5.41) is 3.40. The van der Waals surface area contributed by atoms with Gasteiger partial charge in [-0.15, -0.1) is 0 Å². The predicted octanol–water partition coefficient (Wildman–Crippen LogP) is 1.62. The van der Waals surface area contributed by atoms with Gasteiger partial charge in [0.15, 0.2) is 5.78 Å². The summed E-state index contributed by atoms with van der Waals surface area (Å²) in [6.45, 7) is 3.95. The van der Waals surface area contributed by atoms with Crippen LogP contribution in [-0.4, -0.2) is 19.1 Å². The third-order valence-electron chi connectivity index (χ3n) is 1.49. The molecule has 0 aromatic carbocycles. The number of hydrogen-bond acceptors (Lipinski definition) is 3. The number of ketones is 1. The van der Waals surface area contributed by atoms with E-state index in [4.69, 9.17) is 0 Å².